The number of carbonyl (C=O) groups excluding carboxylic acids is 1. The zero-order chi connectivity index (χ0) is 11.3. The summed E-state index contributed by atoms with van der Waals surface area (Å²) >= 11 is 0. The molecule has 0 saturated heterocycles. The van der Waals surface area contributed by atoms with Crippen LogP contribution in [0.2, 0.25) is 0 Å². The predicted molar refractivity (Wildman–Crippen MR) is 62.5 cm³/mol. The quantitative estimate of drug-likeness (QED) is 0.705. The van der Waals surface area contributed by atoms with Gasteiger partial charge in [0.2, 0.25) is 5.91 Å². The van der Waals surface area contributed by atoms with Crippen LogP contribution in [0.15, 0.2) is 0 Å². The smallest absolute Gasteiger partial charge is 0.227 e. The first kappa shape index (κ1) is 12.5. The van der Waals surface area contributed by atoms with E-state index in [0.29, 0.717) is 12.6 Å². The predicted octanol–water partition coefficient (Wildman–Crippen LogP) is 1.81. The topological polar surface area (TPSA) is 55.1 Å². The molecule has 0 aliphatic heterocycles. The molecule has 1 rings (SSSR count). The molecule has 1 saturated carbocycles. The van der Waals surface area contributed by atoms with Crippen molar-refractivity contribution >= 4 is 5.91 Å². The second kappa shape index (κ2) is 5.50. The summed E-state index contributed by atoms with van der Waals surface area (Å²) in [6, 6.07) is 0.339. The van der Waals surface area contributed by atoms with Crippen molar-refractivity contribution < 1.29 is 4.79 Å². The van der Waals surface area contributed by atoms with E-state index in [4.69, 9.17) is 5.73 Å². The highest BCUT2D eigenvalue weighted by atomic mass is 16.2. The monoisotopic (exact) mass is 212 g/mol. The fourth-order valence-electron chi connectivity index (χ4n) is 2.19. The van der Waals surface area contributed by atoms with Gasteiger partial charge in [0, 0.05) is 12.6 Å². The highest BCUT2D eigenvalue weighted by Gasteiger charge is 2.43. The molecule has 3 heteroatoms. The molecule has 0 heterocycles. The van der Waals surface area contributed by atoms with E-state index in [0.717, 1.165) is 38.5 Å². The van der Waals surface area contributed by atoms with Crippen molar-refractivity contribution in [1.29, 1.82) is 0 Å². The summed E-state index contributed by atoms with van der Waals surface area (Å²) in [5.41, 5.74) is 5.48. The molecule has 0 aromatic carbocycles. The highest BCUT2D eigenvalue weighted by molar-refractivity contribution is 5.84. The molecule has 1 unspecified atom stereocenters. The van der Waals surface area contributed by atoms with Gasteiger partial charge in [-0.15, -0.1) is 0 Å². The molecule has 0 spiro atoms. The average Bonchev–Trinajstić information content (AvgIpc) is 2.16. The Kier molecular flexibility index (Phi) is 4.58. The molecule has 1 fully saturated rings. The van der Waals surface area contributed by atoms with E-state index in [1.54, 1.807) is 0 Å². The average molecular weight is 212 g/mol. The molecule has 0 aromatic rings. The molecule has 1 aliphatic carbocycles. The molecule has 1 aliphatic rings. The first-order valence-corrected chi connectivity index (χ1v) is 6.19. The minimum atomic E-state index is -0.221. The van der Waals surface area contributed by atoms with Gasteiger partial charge in [-0.2, -0.15) is 0 Å². The Bertz CT molecular complexity index is 206. The van der Waals surface area contributed by atoms with Gasteiger partial charge in [0.05, 0.1) is 5.41 Å². The first-order chi connectivity index (χ1) is 7.18. The minimum absolute atomic E-state index is 0.191. The third-order valence-electron chi connectivity index (χ3n) is 3.65. The summed E-state index contributed by atoms with van der Waals surface area (Å²) in [5.74, 6) is 0.191. The number of carbonyl (C=O) groups is 1. The second-order valence-corrected chi connectivity index (χ2v) is 4.71. The molecule has 0 radical (unpaired) electrons. The third-order valence-corrected chi connectivity index (χ3v) is 3.65. The fourth-order valence-corrected chi connectivity index (χ4v) is 2.19. The molecule has 3 N–H and O–H groups in total. The van der Waals surface area contributed by atoms with Crippen molar-refractivity contribution in [2.24, 2.45) is 11.1 Å². The van der Waals surface area contributed by atoms with E-state index in [1.165, 1.54) is 0 Å². The van der Waals surface area contributed by atoms with E-state index in [2.05, 4.69) is 19.2 Å². The fraction of sp³-hybridized carbons (Fsp3) is 0.917. The molecular formula is C12H24N2O. The van der Waals surface area contributed by atoms with E-state index >= 15 is 0 Å². The van der Waals surface area contributed by atoms with Gasteiger partial charge in [-0.25, -0.2) is 0 Å². The van der Waals surface area contributed by atoms with Crippen molar-refractivity contribution in [3.8, 4) is 0 Å². The van der Waals surface area contributed by atoms with Gasteiger partial charge in [0.25, 0.3) is 0 Å². The third kappa shape index (κ3) is 2.71. The molecular weight excluding hydrogens is 188 g/mol. The van der Waals surface area contributed by atoms with Gasteiger partial charge in [-0.3, -0.25) is 4.79 Å². The first-order valence-electron chi connectivity index (χ1n) is 6.19. The van der Waals surface area contributed by atoms with Crippen molar-refractivity contribution in [3.63, 3.8) is 0 Å². The lowest BCUT2D eigenvalue weighted by atomic mass is 9.68. The Morgan fingerprint density at radius 2 is 2.13 bits per heavy atom. The Morgan fingerprint density at radius 3 is 2.47 bits per heavy atom. The van der Waals surface area contributed by atoms with Crippen LogP contribution in [-0.2, 0) is 4.79 Å². The van der Waals surface area contributed by atoms with Crippen LogP contribution in [0.4, 0.5) is 0 Å². The molecule has 0 aromatic heterocycles. The lowest BCUT2D eigenvalue weighted by molar-refractivity contribution is -0.136. The molecule has 15 heavy (non-hydrogen) atoms. The summed E-state index contributed by atoms with van der Waals surface area (Å²) in [5, 5.41) is 3.14. The van der Waals surface area contributed by atoms with Gasteiger partial charge >= 0.3 is 0 Å². The maximum Gasteiger partial charge on any atom is 0.227 e. The molecule has 3 nitrogen and oxygen atoms in total. The number of hydrogen-bond donors (Lipinski definition) is 2. The Balaban J connectivity index is 2.45. The van der Waals surface area contributed by atoms with Gasteiger partial charge in [0.1, 0.15) is 0 Å². The van der Waals surface area contributed by atoms with Crippen LogP contribution in [-0.4, -0.2) is 18.5 Å². The van der Waals surface area contributed by atoms with E-state index in [-0.39, 0.29) is 11.3 Å². The minimum Gasteiger partial charge on any atom is -0.353 e. The molecule has 0 bridgehead atoms. The summed E-state index contributed by atoms with van der Waals surface area (Å²) in [7, 11) is 0. The normalized spacial score (nSPS) is 20.5. The van der Waals surface area contributed by atoms with Crippen LogP contribution in [0.25, 0.3) is 0 Å². The molecule has 1 atom stereocenters. The van der Waals surface area contributed by atoms with Crippen LogP contribution in [0, 0.1) is 5.41 Å². The summed E-state index contributed by atoms with van der Waals surface area (Å²) in [4.78, 5) is 12.0. The van der Waals surface area contributed by atoms with Crippen molar-refractivity contribution in [3.05, 3.63) is 0 Å². The largest absolute Gasteiger partial charge is 0.353 e. The van der Waals surface area contributed by atoms with E-state index in [9.17, 15) is 4.79 Å². The number of hydrogen-bond acceptors (Lipinski definition) is 2. The Hall–Kier alpha value is -0.570. The summed E-state index contributed by atoms with van der Waals surface area (Å²) in [6.45, 7) is 4.77. The number of nitrogens with one attached hydrogen (secondary N) is 1. The van der Waals surface area contributed by atoms with Crippen LogP contribution < -0.4 is 11.1 Å². The van der Waals surface area contributed by atoms with E-state index < -0.39 is 0 Å². The SMILES string of the molecule is CCCC(CC)NC(=O)C1(CN)CCC1. The van der Waals surface area contributed by atoms with Crippen molar-refractivity contribution in [2.45, 2.75) is 58.4 Å². The second-order valence-electron chi connectivity index (χ2n) is 4.71. The number of amides is 1. The molecule has 1 amide bonds. The zero-order valence-corrected chi connectivity index (χ0v) is 10.0. The van der Waals surface area contributed by atoms with Crippen LogP contribution >= 0.6 is 0 Å². The van der Waals surface area contributed by atoms with Crippen LogP contribution in [0.5, 0.6) is 0 Å². The van der Waals surface area contributed by atoms with Gasteiger partial charge in [-0.05, 0) is 25.7 Å². The van der Waals surface area contributed by atoms with Gasteiger partial charge in [0.15, 0.2) is 0 Å². The maximum absolute atomic E-state index is 12.0. The van der Waals surface area contributed by atoms with Gasteiger partial charge in [-0.1, -0.05) is 26.7 Å². The maximum atomic E-state index is 12.0. The van der Waals surface area contributed by atoms with Crippen molar-refractivity contribution in [1.82, 2.24) is 5.32 Å². The lowest BCUT2D eigenvalue weighted by Gasteiger charge is -2.40. The van der Waals surface area contributed by atoms with Crippen molar-refractivity contribution in [2.75, 3.05) is 6.54 Å². The van der Waals surface area contributed by atoms with Crippen LogP contribution in [0.3, 0.4) is 0 Å². The Morgan fingerprint density at radius 1 is 1.47 bits per heavy atom. The van der Waals surface area contributed by atoms with Crippen LogP contribution in [0.1, 0.15) is 52.4 Å². The Labute approximate surface area is 92.8 Å². The lowest BCUT2D eigenvalue weighted by Crippen LogP contribution is -2.52. The van der Waals surface area contributed by atoms with E-state index in [1.807, 2.05) is 0 Å². The highest BCUT2D eigenvalue weighted by Crippen LogP contribution is 2.40. The standard InChI is InChI=1S/C12H24N2O/c1-3-6-10(4-2)14-11(15)12(9-13)7-5-8-12/h10H,3-9,13H2,1-2H3,(H,14,15). The number of nitrogens with two attached hydrogens (primary N) is 1. The van der Waals surface area contributed by atoms with Gasteiger partial charge < -0.3 is 11.1 Å². The number of rotatable bonds is 6. The zero-order valence-electron chi connectivity index (χ0n) is 10.0. The summed E-state index contributed by atoms with van der Waals surface area (Å²) < 4.78 is 0. The summed E-state index contributed by atoms with van der Waals surface area (Å²) in [6.07, 6.45) is 6.29. The molecule has 88 valence electrons.